The number of anilines is 1. The smallest absolute Gasteiger partial charge is 0.243 e. The maximum Gasteiger partial charge on any atom is 0.243 e. The predicted octanol–water partition coefficient (Wildman–Crippen LogP) is 3.26. The van der Waals surface area contributed by atoms with E-state index in [1.54, 1.807) is 0 Å². The average molecular weight is 433 g/mol. The van der Waals surface area contributed by atoms with Crippen molar-refractivity contribution in [2.45, 2.75) is 33.1 Å². The summed E-state index contributed by atoms with van der Waals surface area (Å²) < 4.78 is 0.970. The summed E-state index contributed by atoms with van der Waals surface area (Å²) in [5, 5.41) is 8.92. The summed E-state index contributed by atoms with van der Waals surface area (Å²) in [6, 6.07) is 5.66. The van der Waals surface area contributed by atoms with Gasteiger partial charge >= 0.3 is 0 Å². The molecule has 2 amide bonds. The SMILES string of the molecule is Cc1cc(Br)ccc1NC(=O)CNC(=O)CC(C)C1CCCNC1.Cl. The van der Waals surface area contributed by atoms with Gasteiger partial charge in [0.25, 0.3) is 0 Å². The molecule has 1 fully saturated rings. The molecule has 0 saturated carbocycles. The van der Waals surface area contributed by atoms with Gasteiger partial charge in [-0.3, -0.25) is 9.59 Å². The highest BCUT2D eigenvalue weighted by atomic mass is 79.9. The third kappa shape index (κ3) is 7.34. The fourth-order valence-corrected chi connectivity index (χ4v) is 3.51. The number of rotatable bonds is 6. The lowest BCUT2D eigenvalue weighted by Crippen LogP contribution is -2.37. The van der Waals surface area contributed by atoms with E-state index >= 15 is 0 Å². The van der Waals surface area contributed by atoms with Crippen LogP contribution in [-0.4, -0.2) is 31.4 Å². The van der Waals surface area contributed by atoms with E-state index in [2.05, 4.69) is 38.8 Å². The Morgan fingerprint density at radius 2 is 2.12 bits per heavy atom. The Bertz CT molecular complexity index is 592. The topological polar surface area (TPSA) is 70.2 Å². The standard InChI is InChI=1S/C18H26BrN3O2.ClH/c1-12(14-4-3-7-20-10-14)9-17(23)21-11-18(24)22-16-6-5-15(19)8-13(16)2;/h5-6,8,12,14,20H,3-4,7,9-11H2,1-2H3,(H,21,23)(H,22,24);1H. The summed E-state index contributed by atoms with van der Waals surface area (Å²) in [5.74, 6) is 0.606. The van der Waals surface area contributed by atoms with Crippen molar-refractivity contribution in [3.05, 3.63) is 28.2 Å². The van der Waals surface area contributed by atoms with Crippen LogP contribution in [0.2, 0.25) is 0 Å². The van der Waals surface area contributed by atoms with Crippen LogP contribution in [0.5, 0.6) is 0 Å². The molecule has 3 N–H and O–H groups in total. The highest BCUT2D eigenvalue weighted by Gasteiger charge is 2.22. The van der Waals surface area contributed by atoms with Crippen LogP contribution in [-0.2, 0) is 9.59 Å². The lowest BCUT2D eigenvalue weighted by atomic mass is 9.85. The third-order valence-corrected chi connectivity index (χ3v) is 5.05. The molecule has 0 aliphatic carbocycles. The van der Waals surface area contributed by atoms with Gasteiger partial charge in [-0.05, 0) is 68.5 Å². The van der Waals surface area contributed by atoms with Crippen molar-refractivity contribution in [3.63, 3.8) is 0 Å². The highest BCUT2D eigenvalue weighted by Crippen LogP contribution is 2.22. The molecule has 1 aliphatic heterocycles. The summed E-state index contributed by atoms with van der Waals surface area (Å²) in [6.07, 6.45) is 2.81. The average Bonchev–Trinajstić information content (AvgIpc) is 2.56. The van der Waals surface area contributed by atoms with Crippen LogP contribution >= 0.6 is 28.3 Å². The molecule has 7 heteroatoms. The fraction of sp³-hybridized carbons (Fsp3) is 0.556. The molecule has 1 aliphatic rings. The Labute approximate surface area is 164 Å². The monoisotopic (exact) mass is 431 g/mol. The fourth-order valence-electron chi connectivity index (χ4n) is 3.04. The van der Waals surface area contributed by atoms with Crippen LogP contribution in [0.25, 0.3) is 0 Å². The van der Waals surface area contributed by atoms with E-state index in [4.69, 9.17) is 0 Å². The molecule has 5 nitrogen and oxygen atoms in total. The van der Waals surface area contributed by atoms with E-state index < -0.39 is 0 Å². The summed E-state index contributed by atoms with van der Waals surface area (Å²) in [7, 11) is 0. The molecule has 0 bridgehead atoms. The Balaban J connectivity index is 0.00000312. The van der Waals surface area contributed by atoms with Crippen molar-refractivity contribution in [2.75, 3.05) is 25.0 Å². The van der Waals surface area contributed by atoms with Gasteiger partial charge in [-0.25, -0.2) is 0 Å². The molecule has 0 radical (unpaired) electrons. The normalized spacial score (nSPS) is 18.0. The van der Waals surface area contributed by atoms with Crippen molar-refractivity contribution >= 4 is 45.8 Å². The molecular formula is C18H27BrClN3O2. The molecule has 1 saturated heterocycles. The first-order valence-electron chi connectivity index (χ1n) is 8.49. The number of hydrogen-bond donors (Lipinski definition) is 3. The molecule has 1 aromatic rings. The van der Waals surface area contributed by atoms with E-state index in [-0.39, 0.29) is 30.8 Å². The second-order valence-electron chi connectivity index (χ2n) is 6.57. The minimum absolute atomic E-state index is 0. The summed E-state index contributed by atoms with van der Waals surface area (Å²) in [5.41, 5.74) is 1.74. The van der Waals surface area contributed by atoms with Gasteiger partial charge in [0, 0.05) is 16.6 Å². The van der Waals surface area contributed by atoms with Gasteiger partial charge in [0.05, 0.1) is 6.54 Å². The molecule has 0 aromatic heterocycles. The van der Waals surface area contributed by atoms with Gasteiger partial charge < -0.3 is 16.0 Å². The van der Waals surface area contributed by atoms with Crippen LogP contribution in [0.4, 0.5) is 5.69 Å². The molecule has 1 aromatic carbocycles. The molecule has 2 atom stereocenters. The van der Waals surface area contributed by atoms with Gasteiger partial charge in [0.1, 0.15) is 0 Å². The maximum atomic E-state index is 12.0. The number of hydrogen-bond acceptors (Lipinski definition) is 3. The lowest BCUT2D eigenvalue weighted by Gasteiger charge is -2.27. The maximum absolute atomic E-state index is 12.0. The molecule has 2 unspecified atom stereocenters. The van der Waals surface area contributed by atoms with Gasteiger partial charge in [-0.2, -0.15) is 0 Å². The number of piperidine rings is 1. The van der Waals surface area contributed by atoms with Gasteiger partial charge in [-0.1, -0.05) is 22.9 Å². The first-order chi connectivity index (χ1) is 11.5. The van der Waals surface area contributed by atoms with Crippen molar-refractivity contribution < 1.29 is 9.59 Å². The van der Waals surface area contributed by atoms with Crippen LogP contribution in [0.15, 0.2) is 22.7 Å². The highest BCUT2D eigenvalue weighted by molar-refractivity contribution is 9.10. The molecule has 0 spiro atoms. The first kappa shape index (κ1) is 21.9. The molecule has 140 valence electrons. The Morgan fingerprint density at radius 1 is 1.36 bits per heavy atom. The lowest BCUT2D eigenvalue weighted by molar-refractivity contribution is -0.125. The van der Waals surface area contributed by atoms with Crippen molar-refractivity contribution in [3.8, 4) is 0 Å². The number of amides is 2. The van der Waals surface area contributed by atoms with Crippen molar-refractivity contribution in [1.29, 1.82) is 0 Å². The predicted molar refractivity (Wildman–Crippen MR) is 107 cm³/mol. The van der Waals surface area contributed by atoms with Gasteiger partial charge in [0.15, 0.2) is 0 Å². The summed E-state index contributed by atoms with van der Waals surface area (Å²) >= 11 is 3.39. The van der Waals surface area contributed by atoms with E-state index in [0.29, 0.717) is 18.3 Å². The number of carbonyl (C=O) groups excluding carboxylic acids is 2. The van der Waals surface area contributed by atoms with Crippen LogP contribution in [0.1, 0.15) is 31.7 Å². The zero-order valence-electron chi connectivity index (χ0n) is 14.7. The minimum Gasteiger partial charge on any atom is -0.347 e. The summed E-state index contributed by atoms with van der Waals surface area (Å²) in [6.45, 7) is 6.11. The first-order valence-corrected chi connectivity index (χ1v) is 9.28. The molecule has 2 rings (SSSR count). The number of nitrogens with one attached hydrogen (secondary N) is 3. The third-order valence-electron chi connectivity index (χ3n) is 4.56. The van der Waals surface area contributed by atoms with Gasteiger partial charge in [-0.15, -0.1) is 12.4 Å². The zero-order valence-corrected chi connectivity index (χ0v) is 17.1. The second kappa shape index (κ2) is 10.8. The zero-order chi connectivity index (χ0) is 17.5. The van der Waals surface area contributed by atoms with Crippen molar-refractivity contribution in [1.82, 2.24) is 10.6 Å². The Hall–Kier alpha value is -1.11. The second-order valence-corrected chi connectivity index (χ2v) is 7.49. The quantitative estimate of drug-likeness (QED) is 0.646. The molecule has 1 heterocycles. The Morgan fingerprint density at radius 3 is 2.76 bits per heavy atom. The number of carbonyl (C=O) groups is 2. The molecular weight excluding hydrogens is 406 g/mol. The van der Waals surface area contributed by atoms with E-state index in [1.807, 2.05) is 25.1 Å². The largest absolute Gasteiger partial charge is 0.347 e. The van der Waals surface area contributed by atoms with Crippen LogP contribution in [0, 0.1) is 18.8 Å². The van der Waals surface area contributed by atoms with Crippen molar-refractivity contribution in [2.24, 2.45) is 11.8 Å². The van der Waals surface area contributed by atoms with E-state index in [1.165, 1.54) is 12.8 Å². The van der Waals surface area contributed by atoms with E-state index in [0.717, 1.165) is 28.8 Å². The van der Waals surface area contributed by atoms with Crippen LogP contribution in [0.3, 0.4) is 0 Å². The minimum atomic E-state index is -0.208. The van der Waals surface area contributed by atoms with Gasteiger partial charge in [0.2, 0.25) is 11.8 Å². The Kier molecular flexibility index (Phi) is 9.46. The summed E-state index contributed by atoms with van der Waals surface area (Å²) in [4.78, 5) is 24.0. The molecule has 25 heavy (non-hydrogen) atoms. The number of benzene rings is 1. The van der Waals surface area contributed by atoms with Crippen LogP contribution < -0.4 is 16.0 Å². The van der Waals surface area contributed by atoms with E-state index in [9.17, 15) is 9.59 Å². The number of aryl methyl sites for hydroxylation is 1. The number of halogens is 2.